The number of aromatic hydroxyl groups is 1. The lowest BCUT2D eigenvalue weighted by molar-refractivity contribution is -0.133. The maximum atomic E-state index is 13.2. The van der Waals surface area contributed by atoms with Crippen molar-refractivity contribution in [2.45, 2.75) is 18.9 Å². The second-order valence-electron chi connectivity index (χ2n) is 8.40. The van der Waals surface area contributed by atoms with Crippen molar-refractivity contribution in [1.82, 2.24) is 9.80 Å². The molecule has 3 aliphatic rings. The average molecular weight is 424 g/mol. The van der Waals surface area contributed by atoms with Gasteiger partial charge in [-0.3, -0.25) is 9.69 Å². The zero-order valence-corrected chi connectivity index (χ0v) is 17.7. The molecule has 0 aliphatic carbocycles. The highest BCUT2D eigenvalue weighted by Gasteiger charge is 2.32. The van der Waals surface area contributed by atoms with Gasteiger partial charge in [0, 0.05) is 32.7 Å². The quantitative estimate of drug-likeness (QED) is 0.816. The average Bonchev–Trinajstić information content (AvgIpc) is 3.30. The number of para-hydroxylation sites is 2. The highest BCUT2D eigenvalue weighted by atomic mass is 16.6. The molecule has 1 amide bonds. The summed E-state index contributed by atoms with van der Waals surface area (Å²) in [6.45, 7) is 5.61. The number of ether oxygens (including phenoxy) is 2. The molecule has 7 nitrogen and oxygen atoms in total. The Morgan fingerprint density at radius 1 is 0.968 bits per heavy atom. The number of phenolic OH excluding ortho intramolecular Hbond substituents is 1. The lowest BCUT2D eigenvalue weighted by atomic mass is 10.0. The lowest BCUT2D eigenvalue weighted by Gasteiger charge is -2.37. The van der Waals surface area contributed by atoms with Crippen molar-refractivity contribution in [3.63, 3.8) is 0 Å². The van der Waals surface area contributed by atoms with Crippen LogP contribution < -0.4 is 14.4 Å². The van der Waals surface area contributed by atoms with E-state index in [1.54, 1.807) is 6.07 Å². The summed E-state index contributed by atoms with van der Waals surface area (Å²) < 4.78 is 11.4. The summed E-state index contributed by atoms with van der Waals surface area (Å²) >= 11 is 0. The summed E-state index contributed by atoms with van der Waals surface area (Å²) in [5, 5.41) is 10.1. The van der Waals surface area contributed by atoms with Crippen LogP contribution in [0.15, 0.2) is 42.5 Å². The number of phenols is 1. The van der Waals surface area contributed by atoms with Gasteiger partial charge in [0.1, 0.15) is 19.0 Å². The first-order chi connectivity index (χ1) is 15.2. The largest absolute Gasteiger partial charge is 0.506 e. The lowest BCUT2D eigenvalue weighted by Crippen LogP contribution is -2.50. The molecule has 2 fully saturated rings. The summed E-state index contributed by atoms with van der Waals surface area (Å²) in [6.07, 6.45) is 2.00. The molecule has 2 saturated heterocycles. The SMILES string of the molecule is O=C(CN1CCN(c2ccccc2O)CC1)N1CCC[C@@H]1c1ccc2c(c1)OCCO2. The van der Waals surface area contributed by atoms with Crippen molar-refractivity contribution >= 4 is 11.6 Å². The summed E-state index contributed by atoms with van der Waals surface area (Å²) in [5.41, 5.74) is 1.99. The zero-order chi connectivity index (χ0) is 21.2. The highest BCUT2D eigenvalue weighted by Crippen LogP contribution is 2.38. The molecule has 0 saturated carbocycles. The third kappa shape index (κ3) is 4.14. The first-order valence-electron chi connectivity index (χ1n) is 11.1. The van der Waals surface area contributed by atoms with Gasteiger partial charge in [0.15, 0.2) is 11.5 Å². The van der Waals surface area contributed by atoms with Gasteiger partial charge in [-0.15, -0.1) is 0 Å². The number of piperazine rings is 1. The van der Waals surface area contributed by atoms with E-state index in [1.807, 2.05) is 35.2 Å². The number of carbonyl (C=O) groups is 1. The van der Waals surface area contributed by atoms with Gasteiger partial charge in [0.05, 0.1) is 18.3 Å². The Hall–Kier alpha value is -2.93. The van der Waals surface area contributed by atoms with Gasteiger partial charge in [-0.2, -0.15) is 0 Å². The van der Waals surface area contributed by atoms with Crippen molar-refractivity contribution in [3.05, 3.63) is 48.0 Å². The van der Waals surface area contributed by atoms with E-state index < -0.39 is 0 Å². The molecule has 7 heteroatoms. The minimum absolute atomic E-state index is 0.103. The van der Waals surface area contributed by atoms with Crippen LogP contribution in [0.4, 0.5) is 5.69 Å². The molecule has 2 aromatic rings. The summed E-state index contributed by atoms with van der Waals surface area (Å²) in [7, 11) is 0. The minimum atomic E-state index is 0.103. The van der Waals surface area contributed by atoms with Crippen molar-refractivity contribution in [2.24, 2.45) is 0 Å². The number of amides is 1. The van der Waals surface area contributed by atoms with E-state index in [2.05, 4.69) is 15.9 Å². The molecule has 31 heavy (non-hydrogen) atoms. The van der Waals surface area contributed by atoms with Gasteiger partial charge in [0.2, 0.25) is 5.91 Å². The molecular weight excluding hydrogens is 394 g/mol. The monoisotopic (exact) mass is 423 g/mol. The van der Waals surface area contributed by atoms with Crippen molar-refractivity contribution in [1.29, 1.82) is 0 Å². The molecule has 0 aromatic heterocycles. The fourth-order valence-corrected chi connectivity index (χ4v) is 4.84. The van der Waals surface area contributed by atoms with Crippen molar-refractivity contribution in [3.8, 4) is 17.2 Å². The molecule has 3 heterocycles. The second-order valence-corrected chi connectivity index (χ2v) is 8.40. The number of carbonyl (C=O) groups excluding carboxylic acids is 1. The molecule has 2 aromatic carbocycles. The van der Waals surface area contributed by atoms with E-state index in [-0.39, 0.29) is 11.9 Å². The Bertz CT molecular complexity index is 942. The second kappa shape index (κ2) is 8.67. The maximum absolute atomic E-state index is 13.2. The number of rotatable bonds is 4. The van der Waals surface area contributed by atoms with Crippen LogP contribution in [-0.4, -0.2) is 73.3 Å². The molecule has 5 rings (SSSR count). The summed E-state index contributed by atoms with van der Waals surface area (Å²) in [4.78, 5) is 19.6. The van der Waals surface area contributed by atoms with E-state index in [4.69, 9.17) is 9.47 Å². The van der Waals surface area contributed by atoms with Gasteiger partial charge in [-0.1, -0.05) is 18.2 Å². The topological polar surface area (TPSA) is 65.5 Å². The van der Waals surface area contributed by atoms with E-state index in [9.17, 15) is 9.90 Å². The molecule has 1 atom stereocenters. The molecule has 1 N–H and O–H groups in total. The van der Waals surface area contributed by atoms with E-state index in [1.165, 1.54) is 0 Å². The third-order valence-corrected chi connectivity index (χ3v) is 6.48. The Labute approximate surface area is 182 Å². The molecule has 0 spiro atoms. The van der Waals surface area contributed by atoms with Crippen LogP contribution >= 0.6 is 0 Å². The molecule has 3 aliphatic heterocycles. The smallest absolute Gasteiger partial charge is 0.237 e. The fraction of sp³-hybridized carbons (Fsp3) is 0.458. The minimum Gasteiger partial charge on any atom is -0.506 e. The van der Waals surface area contributed by atoms with Gasteiger partial charge < -0.3 is 24.4 Å². The van der Waals surface area contributed by atoms with Crippen LogP contribution in [0.2, 0.25) is 0 Å². The van der Waals surface area contributed by atoms with Crippen molar-refractivity contribution in [2.75, 3.05) is 57.4 Å². The predicted molar refractivity (Wildman–Crippen MR) is 118 cm³/mol. The Morgan fingerprint density at radius 3 is 2.55 bits per heavy atom. The van der Waals surface area contributed by atoms with Gasteiger partial charge in [0.25, 0.3) is 0 Å². The van der Waals surface area contributed by atoms with E-state index >= 15 is 0 Å². The van der Waals surface area contributed by atoms with Crippen LogP contribution in [0.1, 0.15) is 24.4 Å². The third-order valence-electron chi connectivity index (χ3n) is 6.48. The molecule has 0 unspecified atom stereocenters. The number of benzene rings is 2. The predicted octanol–water partition coefficient (Wildman–Crippen LogP) is 2.65. The van der Waals surface area contributed by atoms with Crippen LogP contribution in [0.3, 0.4) is 0 Å². The van der Waals surface area contributed by atoms with Crippen LogP contribution in [0, 0.1) is 0 Å². The molecule has 0 bridgehead atoms. The first kappa shape index (κ1) is 20.0. The summed E-state index contributed by atoms with van der Waals surface area (Å²) in [6, 6.07) is 13.6. The fourth-order valence-electron chi connectivity index (χ4n) is 4.84. The number of hydrogen-bond acceptors (Lipinski definition) is 6. The molecular formula is C24H29N3O4. The number of fused-ring (bicyclic) bond motifs is 1. The van der Waals surface area contributed by atoms with E-state index in [0.29, 0.717) is 25.5 Å². The number of likely N-dealkylation sites (tertiary alicyclic amines) is 1. The Balaban J connectivity index is 1.20. The maximum Gasteiger partial charge on any atom is 0.237 e. The van der Waals surface area contributed by atoms with E-state index in [0.717, 1.165) is 68.3 Å². The Kier molecular flexibility index (Phi) is 5.59. The van der Waals surface area contributed by atoms with Gasteiger partial charge in [-0.25, -0.2) is 0 Å². The Morgan fingerprint density at radius 2 is 1.74 bits per heavy atom. The standard InChI is InChI=1S/C24H29N3O4/c28-21-6-2-1-4-20(21)26-12-10-25(11-13-26)17-24(29)27-9-3-5-19(27)18-7-8-22-23(16-18)31-15-14-30-22/h1-2,4,6-8,16,19,28H,3,5,9-15,17H2/t19-/m1/s1. The highest BCUT2D eigenvalue weighted by molar-refractivity contribution is 5.79. The summed E-state index contributed by atoms with van der Waals surface area (Å²) in [5.74, 6) is 2.07. The van der Waals surface area contributed by atoms with Crippen molar-refractivity contribution < 1.29 is 19.4 Å². The first-order valence-corrected chi connectivity index (χ1v) is 11.1. The van der Waals surface area contributed by atoms with Gasteiger partial charge >= 0.3 is 0 Å². The number of nitrogens with zero attached hydrogens (tertiary/aromatic N) is 3. The number of anilines is 1. The molecule has 0 radical (unpaired) electrons. The van der Waals surface area contributed by atoms with Gasteiger partial charge in [-0.05, 0) is 42.7 Å². The zero-order valence-electron chi connectivity index (χ0n) is 17.7. The van der Waals surface area contributed by atoms with Crippen LogP contribution in [0.5, 0.6) is 17.2 Å². The normalized spacial score (nSPS) is 21.4. The number of hydrogen-bond donors (Lipinski definition) is 1. The molecule has 164 valence electrons. The van der Waals surface area contributed by atoms with Crippen LogP contribution in [0.25, 0.3) is 0 Å². The van der Waals surface area contributed by atoms with Crippen LogP contribution in [-0.2, 0) is 4.79 Å².